The highest BCUT2D eigenvalue weighted by Crippen LogP contribution is 2.28. The molecule has 0 saturated carbocycles. The molecule has 2 aromatic heterocycles. The third-order valence-electron chi connectivity index (χ3n) is 5.57. The van der Waals surface area contributed by atoms with E-state index in [0.717, 1.165) is 23.4 Å². The van der Waals surface area contributed by atoms with Crippen molar-refractivity contribution in [1.82, 2.24) is 15.2 Å². The average Bonchev–Trinajstić information content (AvgIpc) is 3.28. The Hall–Kier alpha value is -2.45. The number of carbonyl (C=O) groups is 2. The Kier molecular flexibility index (Phi) is 6.87. The molecule has 0 radical (unpaired) electrons. The summed E-state index contributed by atoms with van der Waals surface area (Å²) in [6, 6.07) is 7.25. The first-order chi connectivity index (χ1) is 13.9. The van der Waals surface area contributed by atoms with E-state index >= 15 is 0 Å². The molecule has 3 amide bonds. The normalized spacial score (nSPS) is 16.3. The zero-order valence-corrected chi connectivity index (χ0v) is 17.7. The van der Waals surface area contributed by atoms with E-state index in [-0.39, 0.29) is 23.9 Å². The molecule has 0 bridgehead atoms. The lowest BCUT2D eigenvalue weighted by Gasteiger charge is -2.35. The Morgan fingerprint density at radius 1 is 1.28 bits per heavy atom. The van der Waals surface area contributed by atoms with Gasteiger partial charge in [0.1, 0.15) is 0 Å². The highest BCUT2D eigenvalue weighted by molar-refractivity contribution is 7.10. The van der Waals surface area contributed by atoms with Crippen LogP contribution >= 0.6 is 11.3 Å². The van der Waals surface area contributed by atoms with Gasteiger partial charge in [0.25, 0.3) is 0 Å². The molecule has 1 saturated heterocycles. The van der Waals surface area contributed by atoms with Gasteiger partial charge in [-0.25, -0.2) is 4.79 Å². The second kappa shape index (κ2) is 9.37. The maximum Gasteiger partial charge on any atom is 0.321 e. The summed E-state index contributed by atoms with van der Waals surface area (Å²) in [6.45, 7) is 5.62. The van der Waals surface area contributed by atoms with Crippen molar-refractivity contribution in [3.63, 3.8) is 0 Å². The fraction of sp³-hybridized carbons (Fsp3) is 0.476. The molecule has 0 aliphatic carbocycles. The second-order valence-corrected chi connectivity index (χ2v) is 8.91. The van der Waals surface area contributed by atoms with Crippen molar-refractivity contribution in [2.75, 3.05) is 25.0 Å². The topological polar surface area (TPSA) is 100 Å². The van der Waals surface area contributed by atoms with Crippen LogP contribution in [0.15, 0.2) is 42.0 Å². The van der Waals surface area contributed by atoms with Gasteiger partial charge in [0.05, 0.1) is 5.41 Å². The average molecular weight is 416 g/mol. The number of hydrogen-bond acceptors (Lipinski definition) is 5. The van der Waals surface area contributed by atoms with Crippen molar-refractivity contribution in [1.29, 1.82) is 0 Å². The summed E-state index contributed by atoms with van der Waals surface area (Å²) < 4.78 is 0. The Bertz CT molecular complexity index is 802. The van der Waals surface area contributed by atoms with E-state index in [1.54, 1.807) is 35.9 Å². The standard InChI is InChI=1S/C21H29N5O2S/c1-21(2,18-4-3-13-29-18)19(27)24-14-17(22)15-7-11-26(12-8-15)20(28)25-16-5-9-23-10-6-16/h3-6,9-10,13,15,17H,7-8,11-12,14,22H2,1-2H3,(H,24,27)(H,23,25,28). The van der Waals surface area contributed by atoms with E-state index < -0.39 is 5.41 Å². The number of nitrogens with zero attached hydrogens (tertiary/aromatic N) is 2. The van der Waals surface area contributed by atoms with Crippen molar-refractivity contribution in [2.24, 2.45) is 11.7 Å². The van der Waals surface area contributed by atoms with E-state index in [1.807, 2.05) is 36.3 Å². The molecule has 3 heterocycles. The first-order valence-electron chi connectivity index (χ1n) is 9.91. The maximum atomic E-state index is 12.6. The lowest BCUT2D eigenvalue weighted by molar-refractivity contribution is -0.125. The van der Waals surface area contributed by atoms with Gasteiger partial charge < -0.3 is 21.3 Å². The van der Waals surface area contributed by atoms with Crippen molar-refractivity contribution in [3.8, 4) is 0 Å². The second-order valence-electron chi connectivity index (χ2n) is 7.97. The SMILES string of the molecule is CC(C)(C(=O)NCC(N)C1CCN(C(=O)Nc2ccncc2)CC1)c1cccs1. The summed E-state index contributed by atoms with van der Waals surface area (Å²) in [5, 5.41) is 7.89. The minimum atomic E-state index is -0.567. The van der Waals surface area contributed by atoms with Gasteiger partial charge in [-0.15, -0.1) is 11.3 Å². The Labute approximate surface area is 175 Å². The van der Waals surface area contributed by atoms with Crippen LogP contribution in [-0.4, -0.2) is 47.5 Å². The van der Waals surface area contributed by atoms with Crippen LogP contribution in [0, 0.1) is 5.92 Å². The summed E-state index contributed by atoms with van der Waals surface area (Å²) >= 11 is 1.58. The van der Waals surface area contributed by atoms with Crippen LogP contribution in [-0.2, 0) is 10.2 Å². The van der Waals surface area contributed by atoms with E-state index in [4.69, 9.17) is 5.73 Å². The molecular weight excluding hydrogens is 386 g/mol. The van der Waals surface area contributed by atoms with Gasteiger partial charge in [0.2, 0.25) is 5.91 Å². The van der Waals surface area contributed by atoms with Gasteiger partial charge in [-0.05, 0) is 56.2 Å². The fourth-order valence-corrected chi connectivity index (χ4v) is 4.36. The number of piperidine rings is 1. The zero-order chi connectivity index (χ0) is 20.9. The van der Waals surface area contributed by atoms with Crippen LogP contribution in [0.3, 0.4) is 0 Å². The number of anilines is 1. The molecule has 1 fully saturated rings. The van der Waals surface area contributed by atoms with Gasteiger partial charge in [-0.2, -0.15) is 0 Å². The molecular formula is C21H29N5O2S. The van der Waals surface area contributed by atoms with Gasteiger partial charge in [0, 0.05) is 48.6 Å². The number of thiophene rings is 1. The summed E-state index contributed by atoms with van der Waals surface area (Å²) in [7, 11) is 0. The van der Waals surface area contributed by atoms with Crippen molar-refractivity contribution < 1.29 is 9.59 Å². The molecule has 1 aliphatic rings. The third-order valence-corrected chi connectivity index (χ3v) is 6.76. The number of rotatable bonds is 6. The first-order valence-corrected chi connectivity index (χ1v) is 10.8. The van der Waals surface area contributed by atoms with Crippen LogP contribution in [0.25, 0.3) is 0 Å². The predicted octanol–water partition coefficient (Wildman–Crippen LogP) is 2.81. The number of carbonyl (C=O) groups excluding carboxylic acids is 2. The smallest absolute Gasteiger partial charge is 0.321 e. The molecule has 2 aromatic rings. The number of likely N-dealkylation sites (tertiary alicyclic amines) is 1. The van der Waals surface area contributed by atoms with Crippen LogP contribution in [0.5, 0.6) is 0 Å². The lowest BCUT2D eigenvalue weighted by atomic mass is 9.88. The molecule has 3 rings (SSSR count). The predicted molar refractivity (Wildman–Crippen MR) is 116 cm³/mol. The molecule has 4 N–H and O–H groups in total. The molecule has 1 unspecified atom stereocenters. The van der Waals surface area contributed by atoms with E-state index in [1.165, 1.54) is 0 Å². The minimum absolute atomic E-state index is 0.00966. The van der Waals surface area contributed by atoms with Crippen LogP contribution in [0.2, 0.25) is 0 Å². The van der Waals surface area contributed by atoms with Crippen LogP contribution < -0.4 is 16.4 Å². The highest BCUT2D eigenvalue weighted by atomic mass is 32.1. The number of urea groups is 1. The van der Waals surface area contributed by atoms with Crippen molar-refractivity contribution in [2.45, 2.75) is 38.1 Å². The zero-order valence-electron chi connectivity index (χ0n) is 16.9. The van der Waals surface area contributed by atoms with E-state index in [0.29, 0.717) is 19.6 Å². The highest BCUT2D eigenvalue weighted by Gasteiger charge is 2.32. The van der Waals surface area contributed by atoms with Crippen molar-refractivity contribution >= 4 is 29.0 Å². The molecule has 0 aromatic carbocycles. The summed E-state index contributed by atoms with van der Waals surface area (Å²) in [6.07, 6.45) is 4.95. The van der Waals surface area contributed by atoms with Gasteiger partial charge in [-0.1, -0.05) is 6.07 Å². The van der Waals surface area contributed by atoms with Gasteiger partial charge in [-0.3, -0.25) is 9.78 Å². The van der Waals surface area contributed by atoms with E-state index in [9.17, 15) is 9.59 Å². The molecule has 8 heteroatoms. The lowest BCUT2D eigenvalue weighted by Crippen LogP contribution is -2.50. The Morgan fingerprint density at radius 2 is 1.97 bits per heavy atom. The number of nitrogens with two attached hydrogens (primary N) is 1. The quantitative estimate of drug-likeness (QED) is 0.675. The van der Waals surface area contributed by atoms with Crippen molar-refractivity contribution in [3.05, 3.63) is 46.9 Å². The number of nitrogens with one attached hydrogen (secondary N) is 2. The molecule has 29 heavy (non-hydrogen) atoms. The maximum absolute atomic E-state index is 12.6. The number of hydrogen-bond donors (Lipinski definition) is 3. The Balaban J connectivity index is 1.43. The first kappa shape index (κ1) is 21.3. The van der Waals surface area contributed by atoms with Crippen LogP contribution in [0.4, 0.5) is 10.5 Å². The summed E-state index contributed by atoms with van der Waals surface area (Å²) in [5.74, 6) is 0.273. The van der Waals surface area contributed by atoms with Gasteiger partial charge >= 0.3 is 6.03 Å². The molecule has 1 aliphatic heterocycles. The number of pyridine rings is 1. The number of aromatic nitrogens is 1. The van der Waals surface area contributed by atoms with Crippen LogP contribution in [0.1, 0.15) is 31.6 Å². The molecule has 156 valence electrons. The summed E-state index contributed by atoms with van der Waals surface area (Å²) in [4.78, 5) is 31.8. The fourth-order valence-electron chi connectivity index (χ4n) is 3.51. The van der Waals surface area contributed by atoms with E-state index in [2.05, 4.69) is 15.6 Å². The van der Waals surface area contributed by atoms with Gasteiger partial charge in [0.15, 0.2) is 0 Å². The summed E-state index contributed by atoms with van der Waals surface area (Å²) in [5.41, 5.74) is 6.53. The minimum Gasteiger partial charge on any atom is -0.354 e. The monoisotopic (exact) mass is 415 g/mol. The third kappa shape index (κ3) is 5.33. The molecule has 1 atom stereocenters. The Morgan fingerprint density at radius 3 is 2.59 bits per heavy atom. The molecule has 7 nitrogen and oxygen atoms in total. The number of amides is 3. The largest absolute Gasteiger partial charge is 0.354 e. The molecule has 0 spiro atoms.